The summed E-state index contributed by atoms with van der Waals surface area (Å²) in [5.74, 6) is 0. The SMILES string of the molecule is COC(OC)C(C)(OC)C(C)(C)[SiH3]. The monoisotopic (exact) mass is 206 g/mol. The Kier molecular flexibility index (Phi) is 4.58. The molecule has 0 aliphatic rings. The Morgan fingerprint density at radius 3 is 1.46 bits per heavy atom. The zero-order valence-corrected chi connectivity index (χ0v) is 11.8. The number of rotatable bonds is 5. The highest BCUT2D eigenvalue weighted by Gasteiger charge is 2.45. The predicted molar refractivity (Wildman–Crippen MR) is 57.2 cm³/mol. The van der Waals surface area contributed by atoms with Crippen LogP contribution in [-0.2, 0) is 14.2 Å². The van der Waals surface area contributed by atoms with Crippen molar-refractivity contribution < 1.29 is 14.2 Å². The highest BCUT2D eigenvalue weighted by Crippen LogP contribution is 2.40. The van der Waals surface area contributed by atoms with Crippen molar-refractivity contribution in [1.29, 1.82) is 0 Å². The molecule has 0 saturated heterocycles. The average Bonchev–Trinajstić information content (AvgIpc) is 2.04. The van der Waals surface area contributed by atoms with Gasteiger partial charge in [-0.2, -0.15) is 0 Å². The molecule has 4 heteroatoms. The molecule has 0 radical (unpaired) electrons. The third-order valence-corrected chi connectivity index (χ3v) is 3.78. The molecule has 0 saturated carbocycles. The minimum atomic E-state index is -0.386. The fourth-order valence-corrected chi connectivity index (χ4v) is 1.74. The molecule has 0 rings (SSSR count). The first-order valence-corrected chi connectivity index (χ1v) is 5.44. The molecular weight excluding hydrogens is 184 g/mol. The zero-order valence-electron chi connectivity index (χ0n) is 9.80. The summed E-state index contributed by atoms with van der Waals surface area (Å²) in [5, 5.41) is 0.0957. The molecule has 80 valence electrons. The number of hydrogen-bond donors (Lipinski definition) is 0. The first-order chi connectivity index (χ1) is 5.83. The van der Waals surface area contributed by atoms with Gasteiger partial charge < -0.3 is 14.2 Å². The molecule has 0 amide bonds. The van der Waals surface area contributed by atoms with E-state index in [0.29, 0.717) is 0 Å². The van der Waals surface area contributed by atoms with Crippen LogP contribution in [-0.4, -0.2) is 43.5 Å². The van der Waals surface area contributed by atoms with Crippen LogP contribution in [0.15, 0.2) is 0 Å². The van der Waals surface area contributed by atoms with E-state index in [1.165, 1.54) is 0 Å². The van der Waals surface area contributed by atoms with Gasteiger partial charge in [0.1, 0.15) is 5.60 Å². The standard InChI is InChI=1S/C9H22O3Si/c1-8(2,13)9(3,12-6)7(10-4)11-5/h7H,1-6,13H3. The molecule has 0 heterocycles. The van der Waals surface area contributed by atoms with Gasteiger partial charge in [-0.25, -0.2) is 0 Å². The summed E-state index contributed by atoms with van der Waals surface area (Å²) >= 11 is 0. The summed E-state index contributed by atoms with van der Waals surface area (Å²) in [6.07, 6.45) is -0.315. The van der Waals surface area contributed by atoms with E-state index in [4.69, 9.17) is 14.2 Å². The Morgan fingerprint density at radius 2 is 1.38 bits per heavy atom. The Labute approximate surface area is 84.2 Å². The molecule has 0 aliphatic heterocycles. The van der Waals surface area contributed by atoms with Gasteiger partial charge >= 0.3 is 0 Å². The molecule has 0 aliphatic carbocycles. The van der Waals surface area contributed by atoms with Crippen molar-refractivity contribution in [2.24, 2.45) is 0 Å². The zero-order chi connectivity index (χ0) is 10.7. The van der Waals surface area contributed by atoms with Crippen molar-refractivity contribution in [1.82, 2.24) is 0 Å². The van der Waals surface area contributed by atoms with Gasteiger partial charge in [-0.15, -0.1) is 0 Å². The summed E-state index contributed by atoms with van der Waals surface area (Å²) < 4.78 is 16.0. The predicted octanol–water partition coefficient (Wildman–Crippen LogP) is 0.574. The topological polar surface area (TPSA) is 27.7 Å². The van der Waals surface area contributed by atoms with Gasteiger partial charge in [-0.3, -0.25) is 0 Å². The number of hydrogen-bond acceptors (Lipinski definition) is 3. The van der Waals surface area contributed by atoms with Crippen LogP contribution in [0, 0.1) is 0 Å². The Balaban J connectivity index is 4.80. The van der Waals surface area contributed by atoms with Crippen LogP contribution in [0.1, 0.15) is 20.8 Å². The van der Waals surface area contributed by atoms with Crippen LogP contribution in [0.5, 0.6) is 0 Å². The molecule has 0 aromatic carbocycles. The second kappa shape index (κ2) is 4.55. The molecular formula is C9H22O3Si. The van der Waals surface area contributed by atoms with Crippen molar-refractivity contribution >= 4 is 10.2 Å². The maximum atomic E-state index is 5.53. The van der Waals surface area contributed by atoms with Crippen LogP contribution >= 0.6 is 0 Å². The second-order valence-electron chi connectivity index (χ2n) is 4.36. The second-order valence-corrected chi connectivity index (χ2v) is 6.86. The fourth-order valence-electron chi connectivity index (χ4n) is 1.30. The third-order valence-electron chi connectivity index (χ3n) is 2.79. The first-order valence-electron chi connectivity index (χ1n) is 4.44. The lowest BCUT2D eigenvalue weighted by Gasteiger charge is -2.44. The van der Waals surface area contributed by atoms with Crippen LogP contribution < -0.4 is 0 Å². The quantitative estimate of drug-likeness (QED) is 0.486. The van der Waals surface area contributed by atoms with Crippen molar-refractivity contribution in [2.75, 3.05) is 21.3 Å². The third kappa shape index (κ3) is 2.53. The highest BCUT2D eigenvalue weighted by atomic mass is 28.1. The summed E-state index contributed by atoms with van der Waals surface area (Å²) in [6.45, 7) is 6.35. The van der Waals surface area contributed by atoms with E-state index in [9.17, 15) is 0 Å². The summed E-state index contributed by atoms with van der Waals surface area (Å²) in [4.78, 5) is 0. The van der Waals surface area contributed by atoms with Crippen LogP contribution in [0.3, 0.4) is 0 Å². The van der Waals surface area contributed by atoms with E-state index in [1.54, 1.807) is 21.3 Å². The summed E-state index contributed by atoms with van der Waals surface area (Å²) in [7, 11) is 5.99. The minimum absolute atomic E-state index is 0.0957. The van der Waals surface area contributed by atoms with Gasteiger partial charge in [0.15, 0.2) is 6.29 Å². The molecule has 0 N–H and O–H groups in total. The van der Waals surface area contributed by atoms with Gasteiger partial charge in [0, 0.05) is 31.6 Å². The number of methoxy groups -OCH3 is 3. The minimum Gasteiger partial charge on any atom is -0.373 e. The Morgan fingerprint density at radius 1 is 1.00 bits per heavy atom. The van der Waals surface area contributed by atoms with Gasteiger partial charge in [-0.1, -0.05) is 13.8 Å². The highest BCUT2D eigenvalue weighted by molar-refractivity contribution is 6.15. The Hall–Kier alpha value is 0.0969. The van der Waals surface area contributed by atoms with Crippen LogP contribution in [0.2, 0.25) is 5.04 Å². The molecule has 0 bridgehead atoms. The molecule has 13 heavy (non-hydrogen) atoms. The van der Waals surface area contributed by atoms with E-state index >= 15 is 0 Å². The van der Waals surface area contributed by atoms with Gasteiger partial charge in [0.25, 0.3) is 0 Å². The molecule has 0 aromatic rings. The van der Waals surface area contributed by atoms with Gasteiger partial charge in [0.05, 0.1) is 0 Å². The van der Waals surface area contributed by atoms with Gasteiger partial charge in [0.2, 0.25) is 0 Å². The van der Waals surface area contributed by atoms with E-state index in [0.717, 1.165) is 10.2 Å². The average molecular weight is 206 g/mol. The molecule has 1 atom stereocenters. The van der Waals surface area contributed by atoms with Crippen molar-refractivity contribution in [3.63, 3.8) is 0 Å². The maximum absolute atomic E-state index is 5.53. The van der Waals surface area contributed by atoms with E-state index in [-0.39, 0.29) is 16.9 Å². The van der Waals surface area contributed by atoms with E-state index < -0.39 is 0 Å². The first kappa shape index (κ1) is 13.1. The smallest absolute Gasteiger partial charge is 0.185 e. The molecule has 0 spiro atoms. The van der Waals surface area contributed by atoms with E-state index in [2.05, 4.69) is 13.8 Å². The lowest BCUT2D eigenvalue weighted by molar-refractivity contribution is -0.230. The van der Waals surface area contributed by atoms with Crippen LogP contribution in [0.25, 0.3) is 0 Å². The lowest BCUT2D eigenvalue weighted by atomic mass is 9.90. The largest absolute Gasteiger partial charge is 0.373 e. The Bertz CT molecular complexity index is 151. The molecule has 3 nitrogen and oxygen atoms in total. The molecule has 1 unspecified atom stereocenters. The molecule has 0 fully saturated rings. The van der Waals surface area contributed by atoms with Crippen molar-refractivity contribution in [2.45, 2.75) is 37.7 Å². The maximum Gasteiger partial charge on any atom is 0.185 e. The normalized spacial score (nSPS) is 17.8. The fraction of sp³-hybridized carbons (Fsp3) is 1.00. The van der Waals surface area contributed by atoms with Gasteiger partial charge in [-0.05, 0) is 12.0 Å². The summed E-state index contributed by atoms with van der Waals surface area (Å²) in [5.41, 5.74) is -0.386. The molecule has 0 aromatic heterocycles. The van der Waals surface area contributed by atoms with Crippen molar-refractivity contribution in [3.05, 3.63) is 0 Å². The van der Waals surface area contributed by atoms with E-state index in [1.807, 2.05) is 6.92 Å². The lowest BCUT2D eigenvalue weighted by Crippen LogP contribution is -2.51. The van der Waals surface area contributed by atoms with Crippen LogP contribution in [0.4, 0.5) is 0 Å². The number of ether oxygens (including phenoxy) is 3. The summed E-state index contributed by atoms with van der Waals surface area (Å²) in [6, 6.07) is 0. The van der Waals surface area contributed by atoms with Crippen molar-refractivity contribution in [3.8, 4) is 0 Å².